The second kappa shape index (κ2) is 20.4. The second-order valence-electron chi connectivity index (χ2n) is 6.84. The molecule has 4 heteroatoms. The van der Waals surface area contributed by atoms with E-state index in [1.165, 1.54) is 64.2 Å². The van der Waals surface area contributed by atoms with E-state index in [1.54, 1.807) is 0 Å². The molecule has 0 heterocycles. The molecule has 0 spiro atoms. The van der Waals surface area contributed by atoms with Crippen LogP contribution in [0.3, 0.4) is 0 Å². The summed E-state index contributed by atoms with van der Waals surface area (Å²) in [7, 11) is 1.96. The van der Waals surface area contributed by atoms with Gasteiger partial charge in [-0.25, -0.2) is 0 Å². The molecule has 0 bridgehead atoms. The molecule has 0 saturated carbocycles. The van der Waals surface area contributed by atoms with Gasteiger partial charge in [-0.2, -0.15) is 0 Å². The van der Waals surface area contributed by atoms with Gasteiger partial charge in [0.1, 0.15) is 0 Å². The van der Waals surface area contributed by atoms with Gasteiger partial charge in [-0.3, -0.25) is 4.79 Å². The zero-order valence-electron chi connectivity index (χ0n) is 16.4. The van der Waals surface area contributed by atoms with Gasteiger partial charge < -0.3 is 16.0 Å². The van der Waals surface area contributed by atoms with Crippen LogP contribution in [0.15, 0.2) is 0 Å². The maximum Gasteiger partial charge on any atom is 0.221 e. The van der Waals surface area contributed by atoms with Gasteiger partial charge in [0.25, 0.3) is 0 Å². The molecule has 0 fully saturated rings. The topological polar surface area (TPSA) is 53.2 Å². The molecule has 3 N–H and O–H groups in total. The smallest absolute Gasteiger partial charge is 0.221 e. The van der Waals surface area contributed by atoms with Crippen molar-refractivity contribution in [3.63, 3.8) is 0 Å². The lowest BCUT2D eigenvalue weighted by molar-refractivity contribution is -0.121. The Morgan fingerprint density at radius 1 is 0.667 bits per heavy atom. The molecule has 0 atom stereocenters. The minimum absolute atomic E-state index is 0.184. The van der Waals surface area contributed by atoms with E-state index in [4.69, 9.17) is 0 Å². The number of carbonyl (C=O) groups is 1. The van der Waals surface area contributed by atoms with Crippen molar-refractivity contribution >= 4 is 5.91 Å². The van der Waals surface area contributed by atoms with E-state index in [2.05, 4.69) is 22.9 Å². The Hall–Kier alpha value is -0.610. The van der Waals surface area contributed by atoms with Crippen LogP contribution in [0.2, 0.25) is 0 Å². The number of rotatable bonds is 19. The monoisotopic (exact) mass is 341 g/mol. The fraction of sp³-hybridized carbons (Fsp3) is 0.950. The molecular formula is C20H43N3O. The largest absolute Gasteiger partial charge is 0.356 e. The number of amides is 1. The number of unbranched alkanes of at least 4 members (excludes halogenated alkanes) is 10. The predicted molar refractivity (Wildman–Crippen MR) is 106 cm³/mol. The zero-order chi connectivity index (χ0) is 17.7. The van der Waals surface area contributed by atoms with Gasteiger partial charge in [-0.05, 0) is 33.0 Å². The van der Waals surface area contributed by atoms with Crippen LogP contribution in [0.5, 0.6) is 0 Å². The SMILES string of the molecule is CCCCCCCCCCCCCNC(=O)CCNCCCNC. The Morgan fingerprint density at radius 3 is 1.83 bits per heavy atom. The summed E-state index contributed by atoms with van der Waals surface area (Å²) in [5.74, 6) is 0.184. The van der Waals surface area contributed by atoms with Gasteiger partial charge in [0.05, 0.1) is 0 Å². The summed E-state index contributed by atoms with van der Waals surface area (Å²) in [6.45, 7) is 5.90. The summed E-state index contributed by atoms with van der Waals surface area (Å²) in [6.07, 6.45) is 16.5. The predicted octanol–water partition coefficient (Wildman–Crippen LogP) is 4.00. The van der Waals surface area contributed by atoms with Gasteiger partial charge in [-0.15, -0.1) is 0 Å². The third-order valence-corrected chi connectivity index (χ3v) is 4.41. The fourth-order valence-electron chi connectivity index (χ4n) is 2.82. The molecule has 0 aliphatic heterocycles. The maximum absolute atomic E-state index is 11.7. The van der Waals surface area contributed by atoms with Crippen LogP contribution in [0.1, 0.15) is 90.4 Å². The summed E-state index contributed by atoms with van der Waals surface area (Å²) in [4.78, 5) is 11.7. The van der Waals surface area contributed by atoms with E-state index in [-0.39, 0.29) is 5.91 Å². The molecule has 0 aliphatic carbocycles. The molecule has 0 rings (SSSR count). The average molecular weight is 342 g/mol. The first-order valence-electron chi connectivity index (χ1n) is 10.4. The van der Waals surface area contributed by atoms with Crippen LogP contribution in [0.25, 0.3) is 0 Å². The third kappa shape index (κ3) is 19.4. The van der Waals surface area contributed by atoms with Crippen LogP contribution in [0, 0.1) is 0 Å². The maximum atomic E-state index is 11.7. The van der Waals surface area contributed by atoms with E-state index >= 15 is 0 Å². The molecule has 0 aromatic carbocycles. The second-order valence-corrected chi connectivity index (χ2v) is 6.84. The number of carbonyl (C=O) groups excluding carboxylic acids is 1. The Kier molecular flexibility index (Phi) is 19.9. The molecule has 1 amide bonds. The zero-order valence-corrected chi connectivity index (χ0v) is 16.4. The van der Waals surface area contributed by atoms with Crippen molar-refractivity contribution in [3.8, 4) is 0 Å². The summed E-state index contributed by atoms with van der Waals surface area (Å²) >= 11 is 0. The normalized spacial score (nSPS) is 10.9. The van der Waals surface area contributed by atoms with Crippen LogP contribution < -0.4 is 16.0 Å². The van der Waals surface area contributed by atoms with Crippen molar-refractivity contribution in [1.82, 2.24) is 16.0 Å². The summed E-state index contributed by atoms with van der Waals surface area (Å²) in [6, 6.07) is 0. The molecule has 0 radical (unpaired) electrons. The highest BCUT2D eigenvalue weighted by Gasteiger charge is 1.99. The van der Waals surface area contributed by atoms with E-state index < -0.39 is 0 Å². The standard InChI is InChI=1S/C20H43N3O/c1-3-4-5-6-7-8-9-10-11-12-13-18-23-20(24)15-19-22-17-14-16-21-2/h21-22H,3-19H2,1-2H3,(H,23,24). The molecule has 0 aromatic rings. The minimum Gasteiger partial charge on any atom is -0.356 e. The lowest BCUT2D eigenvalue weighted by atomic mass is 10.1. The van der Waals surface area contributed by atoms with Crippen LogP contribution in [0.4, 0.5) is 0 Å². The van der Waals surface area contributed by atoms with E-state index in [1.807, 2.05) is 7.05 Å². The molecular weight excluding hydrogens is 298 g/mol. The van der Waals surface area contributed by atoms with Gasteiger partial charge in [0.15, 0.2) is 0 Å². The highest BCUT2D eigenvalue weighted by molar-refractivity contribution is 5.75. The number of nitrogens with one attached hydrogen (secondary N) is 3. The average Bonchev–Trinajstić information content (AvgIpc) is 2.59. The molecule has 0 aromatic heterocycles. The van der Waals surface area contributed by atoms with Crippen molar-refractivity contribution in [2.45, 2.75) is 90.4 Å². The Balaban J connectivity index is 3.11. The molecule has 0 aliphatic rings. The van der Waals surface area contributed by atoms with Gasteiger partial charge in [0.2, 0.25) is 5.91 Å². The van der Waals surface area contributed by atoms with E-state index in [0.29, 0.717) is 6.42 Å². The summed E-state index contributed by atoms with van der Waals surface area (Å²) in [5, 5.41) is 9.43. The molecule has 144 valence electrons. The first-order valence-corrected chi connectivity index (χ1v) is 10.4. The number of hydrogen-bond donors (Lipinski definition) is 3. The Bertz CT molecular complexity index is 259. The lowest BCUT2D eigenvalue weighted by Gasteiger charge is -2.07. The van der Waals surface area contributed by atoms with Crippen molar-refractivity contribution in [2.24, 2.45) is 0 Å². The van der Waals surface area contributed by atoms with Crippen molar-refractivity contribution < 1.29 is 4.79 Å². The molecule has 24 heavy (non-hydrogen) atoms. The highest BCUT2D eigenvalue weighted by Crippen LogP contribution is 2.10. The first-order chi connectivity index (χ1) is 11.8. The van der Waals surface area contributed by atoms with E-state index in [0.717, 1.165) is 39.0 Å². The van der Waals surface area contributed by atoms with Gasteiger partial charge in [-0.1, -0.05) is 71.1 Å². The van der Waals surface area contributed by atoms with E-state index in [9.17, 15) is 4.79 Å². The first kappa shape index (κ1) is 23.4. The van der Waals surface area contributed by atoms with Crippen LogP contribution >= 0.6 is 0 Å². The lowest BCUT2D eigenvalue weighted by Crippen LogP contribution is -2.29. The number of hydrogen-bond acceptors (Lipinski definition) is 3. The molecule has 0 saturated heterocycles. The van der Waals surface area contributed by atoms with Gasteiger partial charge in [0, 0.05) is 19.5 Å². The molecule has 4 nitrogen and oxygen atoms in total. The Labute approximate surface area is 150 Å². The summed E-state index contributed by atoms with van der Waals surface area (Å²) < 4.78 is 0. The van der Waals surface area contributed by atoms with Crippen LogP contribution in [-0.4, -0.2) is 39.1 Å². The minimum atomic E-state index is 0.184. The molecule has 0 unspecified atom stereocenters. The third-order valence-electron chi connectivity index (χ3n) is 4.41. The van der Waals surface area contributed by atoms with Crippen molar-refractivity contribution in [1.29, 1.82) is 0 Å². The van der Waals surface area contributed by atoms with Gasteiger partial charge >= 0.3 is 0 Å². The summed E-state index contributed by atoms with van der Waals surface area (Å²) in [5.41, 5.74) is 0. The van der Waals surface area contributed by atoms with Crippen LogP contribution in [-0.2, 0) is 4.79 Å². The quantitative estimate of drug-likeness (QED) is 0.311. The Morgan fingerprint density at radius 2 is 1.25 bits per heavy atom. The highest BCUT2D eigenvalue weighted by atomic mass is 16.1. The fourth-order valence-corrected chi connectivity index (χ4v) is 2.82. The van der Waals surface area contributed by atoms with Crippen molar-refractivity contribution in [2.75, 3.05) is 33.2 Å². The van der Waals surface area contributed by atoms with Crippen molar-refractivity contribution in [3.05, 3.63) is 0 Å².